The lowest BCUT2D eigenvalue weighted by Crippen LogP contribution is -2.32. The normalized spacial score (nSPS) is 13.5. The first-order chi connectivity index (χ1) is 10.5. The number of anilines is 1. The molecule has 5 heteroatoms. The Bertz CT molecular complexity index is 480. The van der Waals surface area contributed by atoms with E-state index in [1.54, 1.807) is 0 Å². The van der Waals surface area contributed by atoms with Crippen LogP contribution in [0.15, 0.2) is 23.1 Å². The van der Waals surface area contributed by atoms with E-state index in [4.69, 9.17) is 5.11 Å². The van der Waals surface area contributed by atoms with Gasteiger partial charge in [-0.1, -0.05) is 20.8 Å². The predicted molar refractivity (Wildman–Crippen MR) is 94.7 cm³/mol. The van der Waals surface area contributed by atoms with Gasteiger partial charge in [-0.15, -0.1) is 11.8 Å². The second kappa shape index (κ2) is 9.74. The number of nitrogens with one attached hydrogen (secondary N) is 2. The van der Waals surface area contributed by atoms with Gasteiger partial charge in [0.05, 0.1) is 0 Å². The van der Waals surface area contributed by atoms with Crippen LogP contribution in [-0.2, 0) is 0 Å². The Morgan fingerprint density at radius 2 is 2.09 bits per heavy atom. The fraction of sp³-hybridized carbons (Fsp3) is 0.588. The standard InChI is InChI=1S/C17H28N2O2S/c1-5-14(4)22-15-6-7-16(13(3)10-15)19-17(21)18-11-12(2)8-9-20/h6-7,10,12,14,20H,5,8-9,11H2,1-4H3,(H2,18,19,21). The number of aliphatic hydroxyl groups excluding tert-OH is 1. The highest BCUT2D eigenvalue weighted by Crippen LogP contribution is 2.28. The van der Waals surface area contributed by atoms with Crippen LogP contribution in [0.2, 0.25) is 0 Å². The van der Waals surface area contributed by atoms with Crippen LogP contribution in [0.1, 0.15) is 39.2 Å². The summed E-state index contributed by atoms with van der Waals surface area (Å²) in [6, 6.07) is 5.92. The second-order valence-corrected chi connectivity index (χ2v) is 7.28. The largest absolute Gasteiger partial charge is 0.396 e. The third-order valence-corrected chi connectivity index (χ3v) is 4.85. The molecule has 22 heavy (non-hydrogen) atoms. The highest BCUT2D eigenvalue weighted by Gasteiger charge is 2.08. The third-order valence-electron chi connectivity index (χ3n) is 3.59. The SMILES string of the molecule is CCC(C)Sc1ccc(NC(=O)NCC(C)CCO)c(C)c1. The van der Waals surface area contributed by atoms with Gasteiger partial charge in [-0.25, -0.2) is 4.79 Å². The third kappa shape index (κ3) is 6.71. The molecule has 0 aromatic heterocycles. The molecule has 3 N–H and O–H groups in total. The summed E-state index contributed by atoms with van der Waals surface area (Å²) in [5.41, 5.74) is 1.90. The molecule has 2 unspecified atom stereocenters. The Kier molecular flexibility index (Phi) is 8.35. The van der Waals surface area contributed by atoms with E-state index in [1.165, 1.54) is 4.90 Å². The molecular weight excluding hydrogens is 296 g/mol. The van der Waals surface area contributed by atoms with E-state index in [-0.39, 0.29) is 18.6 Å². The minimum atomic E-state index is -0.199. The van der Waals surface area contributed by atoms with Gasteiger partial charge in [0.15, 0.2) is 0 Å². The number of hydrogen-bond donors (Lipinski definition) is 3. The van der Waals surface area contributed by atoms with E-state index in [0.717, 1.165) is 17.7 Å². The van der Waals surface area contributed by atoms with Crippen molar-refractivity contribution in [2.45, 2.75) is 50.7 Å². The smallest absolute Gasteiger partial charge is 0.319 e. The minimum Gasteiger partial charge on any atom is -0.396 e. The Hall–Kier alpha value is -1.20. The quantitative estimate of drug-likeness (QED) is 0.633. The molecule has 2 atom stereocenters. The molecule has 0 fully saturated rings. The first-order valence-electron chi connectivity index (χ1n) is 7.89. The summed E-state index contributed by atoms with van der Waals surface area (Å²) in [4.78, 5) is 13.1. The highest BCUT2D eigenvalue weighted by atomic mass is 32.2. The van der Waals surface area contributed by atoms with Crippen LogP contribution in [0.25, 0.3) is 0 Å². The van der Waals surface area contributed by atoms with Crippen molar-refractivity contribution in [3.8, 4) is 0 Å². The molecule has 1 aromatic carbocycles. The van der Waals surface area contributed by atoms with Crippen LogP contribution in [-0.4, -0.2) is 29.5 Å². The molecule has 0 heterocycles. The molecule has 1 aromatic rings. The topological polar surface area (TPSA) is 61.4 Å². The summed E-state index contributed by atoms with van der Waals surface area (Å²) >= 11 is 1.85. The van der Waals surface area contributed by atoms with Crippen LogP contribution in [0, 0.1) is 12.8 Å². The van der Waals surface area contributed by atoms with Gasteiger partial charge in [0, 0.05) is 29.0 Å². The molecule has 4 nitrogen and oxygen atoms in total. The van der Waals surface area contributed by atoms with E-state index in [1.807, 2.05) is 37.7 Å². The van der Waals surface area contributed by atoms with Crippen LogP contribution in [0.5, 0.6) is 0 Å². The molecule has 124 valence electrons. The number of carbonyl (C=O) groups excluding carboxylic acids is 1. The first kappa shape index (κ1) is 18.8. The van der Waals surface area contributed by atoms with Crippen LogP contribution >= 0.6 is 11.8 Å². The summed E-state index contributed by atoms with van der Waals surface area (Å²) in [7, 11) is 0. The molecule has 0 aliphatic rings. The Balaban J connectivity index is 2.53. The molecule has 0 spiro atoms. The molecule has 0 bridgehead atoms. The van der Waals surface area contributed by atoms with E-state index in [2.05, 4.69) is 30.5 Å². The van der Waals surface area contributed by atoms with Gasteiger partial charge in [-0.2, -0.15) is 0 Å². The zero-order chi connectivity index (χ0) is 16.5. The number of amides is 2. The maximum absolute atomic E-state index is 11.9. The predicted octanol–water partition coefficient (Wildman–Crippen LogP) is 4.03. The summed E-state index contributed by atoms with van der Waals surface area (Å²) < 4.78 is 0. The summed E-state index contributed by atoms with van der Waals surface area (Å²) in [5.74, 6) is 0.270. The second-order valence-electron chi connectivity index (χ2n) is 5.77. The number of urea groups is 1. The van der Waals surface area contributed by atoms with Crippen molar-refractivity contribution < 1.29 is 9.90 Å². The lowest BCUT2D eigenvalue weighted by molar-refractivity contribution is 0.243. The van der Waals surface area contributed by atoms with Gasteiger partial charge in [0.2, 0.25) is 0 Å². The average Bonchev–Trinajstić information content (AvgIpc) is 2.48. The first-order valence-corrected chi connectivity index (χ1v) is 8.77. The molecule has 0 aliphatic heterocycles. The number of hydrogen-bond acceptors (Lipinski definition) is 3. The Morgan fingerprint density at radius 1 is 1.36 bits per heavy atom. The molecule has 0 saturated heterocycles. The zero-order valence-corrected chi connectivity index (χ0v) is 14.8. The van der Waals surface area contributed by atoms with Crippen molar-refractivity contribution in [1.82, 2.24) is 5.32 Å². The maximum atomic E-state index is 11.9. The van der Waals surface area contributed by atoms with E-state index >= 15 is 0 Å². The highest BCUT2D eigenvalue weighted by molar-refractivity contribution is 7.99. The van der Waals surface area contributed by atoms with Crippen molar-refractivity contribution >= 4 is 23.5 Å². The minimum absolute atomic E-state index is 0.152. The number of aliphatic hydroxyl groups is 1. The van der Waals surface area contributed by atoms with Gasteiger partial charge in [0.25, 0.3) is 0 Å². The summed E-state index contributed by atoms with van der Waals surface area (Å²) in [6.45, 7) is 9.12. The molecular formula is C17H28N2O2S. The van der Waals surface area contributed by atoms with E-state index < -0.39 is 0 Å². The lowest BCUT2D eigenvalue weighted by atomic mass is 10.1. The Labute approximate surface area is 138 Å². The van der Waals surface area contributed by atoms with Gasteiger partial charge in [-0.05, 0) is 49.4 Å². The lowest BCUT2D eigenvalue weighted by Gasteiger charge is -2.14. The number of carbonyl (C=O) groups is 1. The Morgan fingerprint density at radius 3 is 2.68 bits per heavy atom. The number of rotatable bonds is 8. The maximum Gasteiger partial charge on any atom is 0.319 e. The summed E-state index contributed by atoms with van der Waals surface area (Å²) in [5, 5.41) is 15.2. The number of benzene rings is 1. The molecule has 0 radical (unpaired) electrons. The van der Waals surface area contributed by atoms with Crippen molar-refractivity contribution in [2.75, 3.05) is 18.5 Å². The van der Waals surface area contributed by atoms with Crippen LogP contribution in [0.3, 0.4) is 0 Å². The van der Waals surface area contributed by atoms with Crippen molar-refractivity contribution in [1.29, 1.82) is 0 Å². The van der Waals surface area contributed by atoms with E-state index in [9.17, 15) is 4.79 Å². The fourth-order valence-electron chi connectivity index (χ4n) is 1.92. The number of thioether (sulfide) groups is 1. The van der Waals surface area contributed by atoms with Gasteiger partial charge in [0.1, 0.15) is 0 Å². The van der Waals surface area contributed by atoms with E-state index in [0.29, 0.717) is 18.2 Å². The molecule has 0 aliphatic carbocycles. The molecule has 1 rings (SSSR count). The zero-order valence-electron chi connectivity index (χ0n) is 14.0. The molecule has 0 saturated carbocycles. The van der Waals surface area contributed by atoms with Gasteiger partial charge < -0.3 is 15.7 Å². The van der Waals surface area contributed by atoms with Gasteiger partial charge in [-0.3, -0.25) is 0 Å². The fourth-order valence-corrected chi connectivity index (χ4v) is 2.94. The van der Waals surface area contributed by atoms with Crippen molar-refractivity contribution in [3.63, 3.8) is 0 Å². The van der Waals surface area contributed by atoms with Crippen LogP contribution in [0.4, 0.5) is 10.5 Å². The average molecular weight is 324 g/mol. The summed E-state index contributed by atoms with van der Waals surface area (Å²) in [6.07, 6.45) is 1.83. The molecule has 2 amide bonds. The van der Waals surface area contributed by atoms with Crippen molar-refractivity contribution in [2.24, 2.45) is 5.92 Å². The number of aryl methyl sites for hydroxylation is 1. The van der Waals surface area contributed by atoms with Crippen LogP contribution < -0.4 is 10.6 Å². The van der Waals surface area contributed by atoms with Gasteiger partial charge >= 0.3 is 6.03 Å². The monoisotopic (exact) mass is 324 g/mol. The van der Waals surface area contributed by atoms with Crippen molar-refractivity contribution in [3.05, 3.63) is 23.8 Å².